The summed E-state index contributed by atoms with van der Waals surface area (Å²) in [6.07, 6.45) is 2.02. The molecule has 2 aromatic carbocycles. The third-order valence-electron chi connectivity index (χ3n) is 6.20. The molecule has 0 saturated carbocycles. The Hall–Kier alpha value is -2.65. The molecule has 4 rings (SSSR count). The smallest absolute Gasteiger partial charge is 0.243 e. The first-order valence-corrected chi connectivity index (χ1v) is 13.9. The molecule has 2 heterocycles. The lowest BCUT2D eigenvalue weighted by Gasteiger charge is -2.28. The summed E-state index contributed by atoms with van der Waals surface area (Å²) in [5.74, 6) is 1.11. The molecular formula is C27H31ClN2O5S. The summed E-state index contributed by atoms with van der Waals surface area (Å²) in [6.45, 7) is 2.95. The zero-order valence-electron chi connectivity index (χ0n) is 20.3. The van der Waals surface area contributed by atoms with E-state index in [1.54, 1.807) is 4.90 Å². The molecule has 0 bridgehead atoms. The number of aryl methyl sites for hydroxylation is 1. The fraction of sp³-hybridized carbons (Fsp3) is 0.370. The number of nitrogens with zero attached hydrogens (tertiary/aromatic N) is 2. The van der Waals surface area contributed by atoms with Crippen LogP contribution >= 0.6 is 11.6 Å². The van der Waals surface area contributed by atoms with Gasteiger partial charge >= 0.3 is 0 Å². The average Bonchev–Trinajstić information content (AvgIpc) is 3.53. The lowest BCUT2D eigenvalue weighted by molar-refractivity contribution is -0.132. The van der Waals surface area contributed by atoms with Crippen molar-refractivity contribution in [2.45, 2.75) is 43.7 Å². The fourth-order valence-corrected chi connectivity index (χ4v) is 5.78. The Morgan fingerprint density at radius 3 is 2.44 bits per heavy atom. The predicted octanol–water partition coefficient (Wildman–Crippen LogP) is 4.68. The van der Waals surface area contributed by atoms with Crippen LogP contribution in [0.3, 0.4) is 0 Å². The van der Waals surface area contributed by atoms with Gasteiger partial charge < -0.3 is 14.1 Å². The molecule has 0 N–H and O–H groups in total. The molecule has 9 heteroatoms. The SMILES string of the molecule is Cc1ccc(CN(CCc2ccccc2)C(=O)CN(CC2CCCO2)S(=O)(=O)c2ccc(Cl)cc2)o1. The zero-order valence-corrected chi connectivity index (χ0v) is 21.9. The summed E-state index contributed by atoms with van der Waals surface area (Å²) >= 11 is 5.97. The second kappa shape index (κ2) is 12.1. The monoisotopic (exact) mass is 530 g/mol. The Balaban J connectivity index is 1.56. The summed E-state index contributed by atoms with van der Waals surface area (Å²) in [5, 5.41) is 0.441. The van der Waals surface area contributed by atoms with E-state index in [-0.39, 0.29) is 36.5 Å². The van der Waals surface area contributed by atoms with Crippen molar-refractivity contribution in [3.8, 4) is 0 Å². The van der Waals surface area contributed by atoms with Crippen LogP contribution in [0, 0.1) is 6.92 Å². The van der Waals surface area contributed by atoms with Crippen molar-refractivity contribution < 1.29 is 22.4 Å². The van der Waals surface area contributed by atoms with Crippen LogP contribution < -0.4 is 0 Å². The van der Waals surface area contributed by atoms with Gasteiger partial charge in [0, 0.05) is 24.7 Å². The van der Waals surface area contributed by atoms with E-state index in [1.807, 2.05) is 49.4 Å². The highest BCUT2D eigenvalue weighted by Gasteiger charge is 2.32. The third-order valence-corrected chi connectivity index (χ3v) is 8.28. The highest BCUT2D eigenvalue weighted by Crippen LogP contribution is 2.22. The molecule has 1 saturated heterocycles. The molecule has 192 valence electrons. The Bertz CT molecular complexity index is 1240. The van der Waals surface area contributed by atoms with Crippen LogP contribution in [0.1, 0.15) is 29.9 Å². The highest BCUT2D eigenvalue weighted by molar-refractivity contribution is 7.89. The van der Waals surface area contributed by atoms with E-state index in [1.165, 1.54) is 28.6 Å². The summed E-state index contributed by atoms with van der Waals surface area (Å²) in [7, 11) is -3.95. The van der Waals surface area contributed by atoms with Crippen molar-refractivity contribution >= 4 is 27.5 Å². The lowest BCUT2D eigenvalue weighted by Crippen LogP contribution is -2.45. The van der Waals surface area contributed by atoms with Crippen molar-refractivity contribution in [3.63, 3.8) is 0 Å². The molecule has 1 atom stereocenters. The molecule has 1 aromatic heterocycles. The van der Waals surface area contributed by atoms with Gasteiger partial charge in [-0.1, -0.05) is 41.9 Å². The number of amides is 1. The maximum atomic E-state index is 13.6. The van der Waals surface area contributed by atoms with Gasteiger partial charge in [0.05, 0.1) is 24.1 Å². The van der Waals surface area contributed by atoms with Gasteiger partial charge in [0.15, 0.2) is 0 Å². The first kappa shape index (κ1) is 26.4. The van der Waals surface area contributed by atoms with E-state index in [4.69, 9.17) is 20.8 Å². The Morgan fingerprint density at radius 1 is 1.06 bits per heavy atom. The number of halogens is 1. The number of rotatable bonds is 11. The molecular weight excluding hydrogens is 500 g/mol. The Labute approximate surface area is 217 Å². The van der Waals surface area contributed by atoms with Gasteiger partial charge in [-0.15, -0.1) is 0 Å². The third kappa shape index (κ3) is 6.97. The van der Waals surface area contributed by atoms with E-state index in [2.05, 4.69) is 0 Å². The number of benzene rings is 2. The molecule has 0 aliphatic carbocycles. The average molecular weight is 531 g/mol. The van der Waals surface area contributed by atoms with Crippen LogP contribution in [0.4, 0.5) is 0 Å². The van der Waals surface area contributed by atoms with Crippen LogP contribution in [-0.4, -0.2) is 55.9 Å². The van der Waals surface area contributed by atoms with Crippen LogP contribution in [0.25, 0.3) is 0 Å². The van der Waals surface area contributed by atoms with Gasteiger partial charge in [-0.3, -0.25) is 4.79 Å². The van der Waals surface area contributed by atoms with Crippen LogP contribution in [0.15, 0.2) is 76.0 Å². The number of sulfonamides is 1. The van der Waals surface area contributed by atoms with Crippen LogP contribution in [-0.2, 0) is 32.5 Å². The topological polar surface area (TPSA) is 80.1 Å². The molecule has 1 aliphatic heterocycles. The summed E-state index contributed by atoms with van der Waals surface area (Å²) in [5.41, 5.74) is 1.09. The zero-order chi connectivity index (χ0) is 25.5. The van der Waals surface area contributed by atoms with E-state index < -0.39 is 10.0 Å². The van der Waals surface area contributed by atoms with Crippen molar-refractivity contribution in [3.05, 3.63) is 88.8 Å². The van der Waals surface area contributed by atoms with Crippen LogP contribution in [0.5, 0.6) is 0 Å². The van der Waals surface area contributed by atoms with Crippen molar-refractivity contribution in [1.82, 2.24) is 9.21 Å². The quantitative estimate of drug-likeness (QED) is 0.359. The summed E-state index contributed by atoms with van der Waals surface area (Å²) in [4.78, 5) is 15.4. The highest BCUT2D eigenvalue weighted by atomic mass is 35.5. The number of carbonyl (C=O) groups excluding carboxylic acids is 1. The summed E-state index contributed by atoms with van der Waals surface area (Å²) < 4.78 is 39.8. The maximum absolute atomic E-state index is 13.6. The van der Waals surface area contributed by atoms with Crippen LogP contribution in [0.2, 0.25) is 5.02 Å². The molecule has 1 unspecified atom stereocenters. The van der Waals surface area contributed by atoms with E-state index in [9.17, 15) is 13.2 Å². The normalized spacial score (nSPS) is 15.9. The van der Waals surface area contributed by atoms with Crippen molar-refractivity contribution in [1.29, 1.82) is 0 Å². The minimum Gasteiger partial charge on any atom is -0.464 e. The molecule has 3 aromatic rings. The molecule has 1 fully saturated rings. The Kier molecular flexibility index (Phi) is 8.85. The fourth-order valence-electron chi connectivity index (χ4n) is 4.23. The van der Waals surface area contributed by atoms with Gasteiger partial charge in [0.1, 0.15) is 11.5 Å². The second-order valence-corrected chi connectivity index (χ2v) is 11.3. The largest absolute Gasteiger partial charge is 0.464 e. The first-order valence-electron chi connectivity index (χ1n) is 12.1. The summed E-state index contributed by atoms with van der Waals surface area (Å²) in [6, 6.07) is 19.6. The number of hydrogen-bond donors (Lipinski definition) is 0. The number of hydrogen-bond acceptors (Lipinski definition) is 5. The predicted molar refractivity (Wildman–Crippen MR) is 138 cm³/mol. The first-order chi connectivity index (χ1) is 17.3. The van der Waals surface area contributed by atoms with Gasteiger partial charge in [0.25, 0.3) is 0 Å². The van der Waals surface area contributed by atoms with E-state index in [0.29, 0.717) is 30.4 Å². The second-order valence-electron chi connectivity index (χ2n) is 8.95. The lowest BCUT2D eigenvalue weighted by atomic mass is 10.1. The molecule has 7 nitrogen and oxygen atoms in total. The minimum absolute atomic E-state index is 0.0928. The van der Waals surface area contributed by atoms with Crippen molar-refractivity contribution in [2.24, 2.45) is 0 Å². The van der Waals surface area contributed by atoms with Gasteiger partial charge in [-0.2, -0.15) is 4.31 Å². The molecule has 1 amide bonds. The number of ether oxygens (including phenoxy) is 1. The van der Waals surface area contributed by atoms with E-state index in [0.717, 1.165) is 24.2 Å². The molecule has 1 aliphatic rings. The minimum atomic E-state index is -3.95. The van der Waals surface area contributed by atoms with Gasteiger partial charge in [-0.05, 0) is 68.1 Å². The maximum Gasteiger partial charge on any atom is 0.243 e. The number of carbonyl (C=O) groups is 1. The van der Waals surface area contributed by atoms with Gasteiger partial charge in [-0.25, -0.2) is 8.42 Å². The molecule has 0 spiro atoms. The molecule has 0 radical (unpaired) electrons. The Morgan fingerprint density at radius 2 is 1.81 bits per heavy atom. The van der Waals surface area contributed by atoms with E-state index >= 15 is 0 Å². The van der Waals surface area contributed by atoms with Crippen molar-refractivity contribution in [2.75, 3.05) is 26.2 Å². The molecule has 36 heavy (non-hydrogen) atoms. The van der Waals surface area contributed by atoms with Gasteiger partial charge in [0.2, 0.25) is 15.9 Å². The number of furan rings is 1. The standard InChI is InChI=1S/C27H31ClN2O5S/c1-21-9-12-25(35-21)18-29(16-15-22-6-3-2-4-7-22)27(31)20-30(19-24-8-5-17-34-24)36(32,33)26-13-10-23(28)11-14-26/h2-4,6-7,9-14,24H,5,8,15-20H2,1H3.